The first-order valence-corrected chi connectivity index (χ1v) is 10.3. The molecule has 174 valence electrons. The molecule has 0 spiro atoms. The third-order valence-electron chi connectivity index (χ3n) is 5.01. The van der Waals surface area contributed by atoms with Crippen molar-refractivity contribution in [1.82, 2.24) is 15.0 Å². The molecule has 0 amide bonds. The molecule has 0 fully saturated rings. The molecule has 34 heavy (non-hydrogen) atoms. The largest absolute Gasteiger partial charge is 0.416 e. The maximum Gasteiger partial charge on any atom is 0.416 e. The van der Waals surface area contributed by atoms with E-state index in [9.17, 15) is 13.2 Å². The van der Waals surface area contributed by atoms with Crippen LogP contribution in [0.5, 0.6) is 0 Å². The summed E-state index contributed by atoms with van der Waals surface area (Å²) in [7, 11) is 3.93. The van der Waals surface area contributed by atoms with Crippen LogP contribution in [0.4, 0.5) is 36.2 Å². The van der Waals surface area contributed by atoms with Crippen molar-refractivity contribution in [3.8, 4) is 0 Å². The first-order chi connectivity index (χ1) is 16.2. The molecule has 0 radical (unpaired) electrons. The molecule has 4 rings (SSSR count). The minimum atomic E-state index is -4.40. The van der Waals surface area contributed by atoms with Gasteiger partial charge in [-0.05, 0) is 55.5 Å². The van der Waals surface area contributed by atoms with Gasteiger partial charge >= 0.3 is 6.18 Å². The SMILES string of the molecule is Cc1nc(N/N=C/c2ccc(Nc3cccc(C(F)(F)F)c3)cn2)nc2cc(N(C)C)ccc12. The minimum Gasteiger partial charge on any atom is -0.378 e. The predicted molar refractivity (Wildman–Crippen MR) is 129 cm³/mol. The molecule has 2 heterocycles. The van der Waals surface area contributed by atoms with Crippen molar-refractivity contribution in [1.29, 1.82) is 0 Å². The number of hydrogen-bond donors (Lipinski definition) is 2. The Morgan fingerprint density at radius 2 is 1.79 bits per heavy atom. The van der Waals surface area contributed by atoms with Crippen LogP contribution in [0.25, 0.3) is 10.9 Å². The van der Waals surface area contributed by atoms with E-state index < -0.39 is 11.7 Å². The van der Waals surface area contributed by atoms with Gasteiger partial charge in [-0.2, -0.15) is 18.3 Å². The van der Waals surface area contributed by atoms with Gasteiger partial charge < -0.3 is 10.2 Å². The molecular weight excluding hydrogens is 443 g/mol. The summed E-state index contributed by atoms with van der Waals surface area (Å²) in [6, 6.07) is 14.4. The van der Waals surface area contributed by atoms with E-state index >= 15 is 0 Å². The van der Waals surface area contributed by atoms with E-state index in [-0.39, 0.29) is 0 Å². The van der Waals surface area contributed by atoms with Crippen molar-refractivity contribution in [2.24, 2.45) is 5.10 Å². The molecule has 2 N–H and O–H groups in total. The monoisotopic (exact) mass is 465 g/mol. The molecule has 2 aromatic carbocycles. The predicted octanol–water partition coefficient (Wildman–Crippen LogP) is 5.61. The number of fused-ring (bicyclic) bond motifs is 1. The zero-order valence-electron chi connectivity index (χ0n) is 18.7. The lowest BCUT2D eigenvalue weighted by Crippen LogP contribution is -2.08. The highest BCUT2D eigenvalue weighted by molar-refractivity contribution is 5.85. The number of benzene rings is 2. The highest BCUT2D eigenvalue weighted by Crippen LogP contribution is 2.31. The zero-order chi connectivity index (χ0) is 24.3. The van der Waals surface area contributed by atoms with Crippen LogP contribution in [-0.2, 0) is 6.18 Å². The topological polar surface area (TPSA) is 78.3 Å². The molecule has 0 saturated heterocycles. The summed E-state index contributed by atoms with van der Waals surface area (Å²) >= 11 is 0. The average Bonchev–Trinajstić information content (AvgIpc) is 2.79. The molecule has 7 nitrogen and oxygen atoms in total. The summed E-state index contributed by atoms with van der Waals surface area (Å²) in [6.45, 7) is 1.91. The molecule has 0 bridgehead atoms. The lowest BCUT2D eigenvalue weighted by Gasteiger charge is -2.13. The van der Waals surface area contributed by atoms with Crippen LogP contribution in [0.1, 0.15) is 17.0 Å². The van der Waals surface area contributed by atoms with Crippen LogP contribution < -0.4 is 15.6 Å². The van der Waals surface area contributed by atoms with Gasteiger partial charge in [0.1, 0.15) is 0 Å². The summed E-state index contributed by atoms with van der Waals surface area (Å²) in [5.41, 5.74) is 6.19. The molecule has 0 aliphatic carbocycles. The molecule has 2 aromatic heterocycles. The molecule has 10 heteroatoms. The van der Waals surface area contributed by atoms with Crippen molar-refractivity contribution in [2.45, 2.75) is 13.1 Å². The average molecular weight is 465 g/mol. The smallest absolute Gasteiger partial charge is 0.378 e. The van der Waals surface area contributed by atoms with E-state index in [1.54, 1.807) is 18.2 Å². The standard InChI is InChI=1S/C24H22F3N7/c1-15-21-10-9-20(34(2)3)12-22(21)32-23(30-15)33-29-14-18-7-8-19(13-28-18)31-17-6-4-5-16(11-17)24(25,26)27/h4-14,31H,1-3H3,(H,30,32,33)/b29-14+. The van der Waals surface area contributed by atoms with Crippen LogP contribution in [0.3, 0.4) is 0 Å². The maximum absolute atomic E-state index is 12.9. The van der Waals surface area contributed by atoms with E-state index in [0.29, 0.717) is 23.0 Å². The normalized spacial score (nSPS) is 11.7. The Morgan fingerprint density at radius 1 is 0.971 bits per heavy atom. The van der Waals surface area contributed by atoms with E-state index in [1.807, 2.05) is 44.1 Å². The number of rotatable bonds is 6. The van der Waals surface area contributed by atoms with Crippen molar-refractivity contribution in [3.05, 3.63) is 77.7 Å². The highest BCUT2D eigenvalue weighted by atomic mass is 19.4. The van der Waals surface area contributed by atoms with Gasteiger partial charge in [-0.1, -0.05) is 6.07 Å². The van der Waals surface area contributed by atoms with Crippen LogP contribution in [0.15, 0.2) is 65.9 Å². The number of alkyl halides is 3. The van der Waals surface area contributed by atoms with Gasteiger partial charge in [0.2, 0.25) is 5.95 Å². The van der Waals surface area contributed by atoms with Crippen molar-refractivity contribution in [2.75, 3.05) is 29.7 Å². The number of aryl methyl sites for hydroxylation is 1. The van der Waals surface area contributed by atoms with Crippen LogP contribution in [-0.4, -0.2) is 35.3 Å². The Morgan fingerprint density at radius 3 is 2.50 bits per heavy atom. The summed E-state index contributed by atoms with van der Waals surface area (Å²) in [5.74, 6) is 0.361. The van der Waals surface area contributed by atoms with Gasteiger partial charge in [0.05, 0.1) is 40.6 Å². The Hall–Kier alpha value is -4.21. The number of nitrogens with zero attached hydrogens (tertiary/aromatic N) is 5. The maximum atomic E-state index is 12.9. The fraction of sp³-hybridized carbons (Fsp3) is 0.167. The molecule has 0 aliphatic rings. The van der Waals surface area contributed by atoms with Crippen LogP contribution >= 0.6 is 0 Å². The lowest BCUT2D eigenvalue weighted by molar-refractivity contribution is -0.137. The molecular formula is C24H22F3N7. The first-order valence-electron chi connectivity index (χ1n) is 10.3. The van der Waals surface area contributed by atoms with E-state index in [0.717, 1.165) is 34.4 Å². The third kappa shape index (κ3) is 5.40. The summed E-state index contributed by atoms with van der Waals surface area (Å²) < 4.78 is 38.6. The fourth-order valence-corrected chi connectivity index (χ4v) is 3.26. The number of hydrogen-bond acceptors (Lipinski definition) is 7. The van der Waals surface area contributed by atoms with E-state index in [4.69, 9.17) is 0 Å². The second kappa shape index (κ2) is 9.34. The van der Waals surface area contributed by atoms with Crippen LogP contribution in [0.2, 0.25) is 0 Å². The highest BCUT2D eigenvalue weighted by Gasteiger charge is 2.30. The van der Waals surface area contributed by atoms with Gasteiger partial charge in [-0.25, -0.2) is 15.4 Å². The van der Waals surface area contributed by atoms with Crippen molar-refractivity contribution in [3.63, 3.8) is 0 Å². The number of nitrogens with one attached hydrogen (secondary N) is 2. The summed E-state index contributed by atoms with van der Waals surface area (Å²) in [4.78, 5) is 15.2. The Bertz CT molecular complexity index is 1330. The minimum absolute atomic E-state index is 0.320. The van der Waals surface area contributed by atoms with Gasteiger partial charge in [0, 0.05) is 30.9 Å². The zero-order valence-corrected chi connectivity index (χ0v) is 18.7. The van der Waals surface area contributed by atoms with Gasteiger partial charge in [-0.15, -0.1) is 0 Å². The van der Waals surface area contributed by atoms with Crippen LogP contribution in [0, 0.1) is 6.92 Å². The molecule has 0 unspecified atom stereocenters. The van der Waals surface area contributed by atoms with E-state index in [1.165, 1.54) is 18.5 Å². The molecule has 0 atom stereocenters. The lowest BCUT2D eigenvalue weighted by atomic mass is 10.2. The Labute approximate surface area is 194 Å². The number of hydrazone groups is 1. The van der Waals surface area contributed by atoms with Crippen molar-refractivity contribution < 1.29 is 13.2 Å². The number of pyridine rings is 1. The Kier molecular flexibility index (Phi) is 6.31. The number of anilines is 4. The number of aromatic nitrogens is 3. The fourth-order valence-electron chi connectivity index (χ4n) is 3.26. The van der Waals surface area contributed by atoms with Gasteiger partial charge in [0.15, 0.2) is 0 Å². The first kappa shape index (κ1) is 23.0. The molecule has 0 aliphatic heterocycles. The van der Waals surface area contributed by atoms with Crippen molar-refractivity contribution >= 4 is 40.1 Å². The third-order valence-corrected chi connectivity index (χ3v) is 5.01. The van der Waals surface area contributed by atoms with E-state index in [2.05, 4.69) is 30.8 Å². The molecule has 0 saturated carbocycles. The quantitative estimate of drug-likeness (QED) is 0.285. The second-order valence-electron chi connectivity index (χ2n) is 7.77. The summed E-state index contributed by atoms with van der Waals surface area (Å²) in [6.07, 6.45) is -1.38. The van der Waals surface area contributed by atoms with Gasteiger partial charge in [-0.3, -0.25) is 4.98 Å². The second-order valence-corrected chi connectivity index (χ2v) is 7.77. The summed E-state index contributed by atoms with van der Waals surface area (Å²) in [5, 5.41) is 8.03. The molecule has 4 aromatic rings. The van der Waals surface area contributed by atoms with Gasteiger partial charge in [0.25, 0.3) is 0 Å². The Balaban J connectivity index is 1.43. The number of halogens is 3.